The summed E-state index contributed by atoms with van der Waals surface area (Å²) < 4.78 is 1.67. The van der Waals surface area contributed by atoms with Gasteiger partial charge in [-0.1, -0.05) is 37.8 Å². The van der Waals surface area contributed by atoms with Crippen LogP contribution < -0.4 is 10.2 Å². The molecule has 1 rings (SSSR count). The lowest BCUT2D eigenvalue weighted by Crippen LogP contribution is -2.22. The van der Waals surface area contributed by atoms with Gasteiger partial charge in [-0.15, -0.1) is 0 Å². The molecule has 15 heavy (non-hydrogen) atoms. The smallest absolute Gasteiger partial charge is 0.0834 e. The fourth-order valence-electron chi connectivity index (χ4n) is 1.59. The van der Waals surface area contributed by atoms with Crippen molar-refractivity contribution in [1.82, 2.24) is 0 Å². The molecule has 0 aromatic heterocycles. The SMILES string of the molecule is CCCCN(C)c1c(NCC)c(=S)c1=S. The van der Waals surface area contributed by atoms with Crippen LogP contribution >= 0.6 is 24.4 Å². The Labute approximate surface area is 102 Å². The van der Waals surface area contributed by atoms with E-state index < -0.39 is 0 Å². The molecule has 0 aliphatic rings. The van der Waals surface area contributed by atoms with Crippen molar-refractivity contribution < 1.29 is 0 Å². The van der Waals surface area contributed by atoms with Gasteiger partial charge < -0.3 is 10.2 Å². The zero-order valence-electron chi connectivity index (χ0n) is 9.59. The lowest BCUT2D eigenvalue weighted by atomic mass is 10.2. The molecule has 0 heterocycles. The number of rotatable bonds is 6. The molecule has 1 aromatic carbocycles. The van der Waals surface area contributed by atoms with E-state index in [1.54, 1.807) is 0 Å². The summed E-state index contributed by atoms with van der Waals surface area (Å²) in [5.41, 5.74) is 2.20. The van der Waals surface area contributed by atoms with Crippen molar-refractivity contribution in [1.29, 1.82) is 0 Å². The predicted molar refractivity (Wildman–Crippen MR) is 72.8 cm³/mol. The topological polar surface area (TPSA) is 15.3 Å². The standard InChI is InChI=1S/C11H18N2S2/c1-4-6-7-13(3)9-8(12-5-2)10(14)11(9)15/h12H,4-7H2,1-3H3. The highest BCUT2D eigenvalue weighted by Crippen LogP contribution is 2.35. The molecule has 1 N–H and O–H groups in total. The van der Waals surface area contributed by atoms with E-state index in [1.807, 2.05) is 0 Å². The van der Waals surface area contributed by atoms with E-state index in [-0.39, 0.29) is 0 Å². The van der Waals surface area contributed by atoms with Crippen LogP contribution in [0.2, 0.25) is 0 Å². The first-order chi connectivity index (χ1) is 7.13. The first-order valence-corrected chi connectivity index (χ1v) is 6.23. The molecule has 84 valence electrons. The molecule has 4 heteroatoms. The number of hydrogen-bond donors (Lipinski definition) is 1. The van der Waals surface area contributed by atoms with Crippen LogP contribution in [-0.2, 0) is 0 Å². The maximum atomic E-state index is 5.26. The normalized spacial score (nSPS) is 10.6. The average molecular weight is 242 g/mol. The summed E-state index contributed by atoms with van der Waals surface area (Å²) in [5.74, 6) is 0. The minimum Gasteiger partial charge on any atom is -0.382 e. The molecule has 0 amide bonds. The molecule has 0 saturated carbocycles. The first-order valence-electron chi connectivity index (χ1n) is 5.41. The molecule has 0 aliphatic heterocycles. The van der Waals surface area contributed by atoms with Crippen molar-refractivity contribution in [3.05, 3.63) is 9.02 Å². The molecule has 0 fully saturated rings. The van der Waals surface area contributed by atoms with Gasteiger partial charge in [-0.3, -0.25) is 0 Å². The van der Waals surface area contributed by atoms with E-state index in [4.69, 9.17) is 24.4 Å². The van der Waals surface area contributed by atoms with E-state index in [0.29, 0.717) is 0 Å². The highest BCUT2D eigenvalue weighted by Gasteiger charge is 2.16. The molecule has 0 aliphatic carbocycles. The van der Waals surface area contributed by atoms with Crippen LogP contribution in [-0.4, -0.2) is 20.1 Å². The molecule has 0 spiro atoms. The van der Waals surface area contributed by atoms with Crippen LogP contribution in [0, 0.1) is 9.02 Å². The summed E-state index contributed by atoms with van der Waals surface area (Å²) in [4.78, 5) is 2.21. The number of anilines is 2. The third-order valence-electron chi connectivity index (χ3n) is 2.47. The Hall–Kier alpha value is -0.480. The van der Waals surface area contributed by atoms with Gasteiger partial charge in [0.2, 0.25) is 0 Å². The molecular formula is C11H18N2S2. The van der Waals surface area contributed by atoms with E-state index in [9.17, 15) is 0 Å². The summed E-state index contributed by atoms with van der Waals surface area (Å²) in [6, 6.07) is 0. The zero-order chi connectivity index (χ0) is 11.4. The van der Waals surface area contributed by atoms with Gasteiger partial charge in [0.1, 0.15) is 0 Å². The van der Waals surface area contributed by atoms with Crippen LogP contribution in [0.1, 0.15) is 26.7 Å². The van der Waals surface area contributed by atoms with Crippen LogP contribution in [0.15, 0.2) is 0 Å². The fraction of sp³-hybridized carbons (Fsp3) is 0.636. The average Bonchev–Trinajstić information content (AvgIpc) is 2.25. The first kappa shape index (κ1) is 12.6. The van der Waals surface area contributed by atoms with Crippen LogP contribution in [0.25, 0.3) is 0 Å². The number of hydrogen-bond acceptors (Lipinski definition) is 4. The summed E-state index contributed by atoms with van der Waals surface area (Å²) >= 11 is 10.5. The quantitative estimate of drug-likeness (QED) is 0.765. The van der Waals surface area contributed by atoms with Crippen molar-refractivity contribution in [2.24, 2.45) is 0 Å². The number of nitrogens with one attached hydrogen (secondary N) is 1. The largest absolute Gasteiger partial charge is 0.382 e. The summed E-state index contributed by atoms with van der Waals surface area (Å²) in [7, 11) is 2.08. The van der Waals surface area contributed by atoms with Gasteiger partial charge in [-0.2, -0.15) is 0 Å². The fourth-order valence-corrected chi connectivity index (χ4v) is 2.22. The molecule has 0 unspecified atom stereocenters. The Bertz CT molecular complexity index is 391. The Morgan fingerprint density at radius 2 is 1.87 bits per heavy atom. The monoisotopic (exact) mass is 242 g/mol. The molecule has 2 nitrogen and oxygen atoms in total. The minimum absolute atomic E-state index is 0.824. The summed E-state index contributed by atoms with van der Waals surface area (Å²) in [6.07, 6.45) is 2.39. The van der Waals surface area contributed by atoms with Crippen molar-refractivity contribution in [3.63, 3.8) is 0 Å². The number of unbranched alkanes of at least 4 members (excludes halogenated alkanes) is 1. The van der Waals surface area contributed by atoms with Crippen molar-refractivity contribution in [2.75, 3.05) is 30.4 Å². The third kappa shape index (κ3) is 2.55. The minimum atomic E-state index is 0.824. The Balaban J connectivity index is 2.80. The van der Waals surface area contributed by atoms with Gasteiger partial charge in [0.05, 0.1) is 20.4 Å². The van der Waals surface area contributed by atoms with Gasteiger partial charge in [0.15, 0.2) is 0 Å². The lowest BCUT2D eigenvalue weighted by molar-refractivity contribution is 0.765. The van der Waals surface area contributed by atoms with Gasteiger partial charge in [0, 0.05) is 20.1 Å². The summed E-state index contributed by atoms with van der Waals surface area (Å²) in [6.45, 7) is 6.20. The second-order valence-corrected chi connectivity index (χ2v) is 4.50. The predicted octanol–water partition coefficient (Wildman–Crippen LogP) is 3.69. The van der Waals surface area contributed by atoms with Crippen LogP contribution in [0.4, 0.5) is 11.4 Å². The van der Waals surface area contributed by atoms with Crippen molar-refractivity contribution >= 4 is 35.8 Å². The third-order valence-corrected chi connectivity index (χ3v) is 3.40. The van der Waals surface area contributed by atoms with Gasteiger partial charge >= 0.3 is 0 Å². The molecule has 0 atom stereocenters. The van der Waals surface area contributed by atoms with Gasteiger partial charge in [-0.25, -0.2) is 0 Å². The lowest BCUT2D eigenvalue weighted by Gasteiger charge is -2.25. The Kier molecular flexibility index (Phi) is 4.67. The van der Waals surface area contributed by atoms with Crippen molar-refractivity contribution in [3.8, 4) is 0 Å². The molecule has 1 aromatic rings. The van der Waals surface area contributed by atoms with E-state index in [1.165, 1.54) is 12.8 Å². The maximum absolute atomic E-state index is 5.26. The highest BCUT2D eigenvalue weighted by molar-refractivity contribution is 7.74. The zero-order valence-corrected chi connectivity index (χ0v) is 11.2. The van der Waals surface area contributed by atoms with Crippen LogP contribution in [0.3, 0.4) is 0 Å². The van der Waals surface area contributed by atoms with Gasteiger partial charge in [0.25, 0.3) is 0 Å². The second-order valence-electron chi connectivity index (χ2n) is 3.69. The van der Waals surface area contributed by atoms with E-state index in [0.717, 1.165) is 33.5 Å². The van der Waals surface area contributed by atoms with E-state index in [2.05, 4.69) is 31.1 Å². The van der Waals surface area contributed by atoms with Crippen molar-refractivity contribution in [2.45, 2.75) is 26.7 Å². The van der Waals surface area contributed by atoms with Crippen LogP contribution in [0.5, 0.6) is 0 Å². The Morgan fingerprint density at radius 1 is 1.20 bits per heavy atom. The molecule has 0 bridgehead atoms. The Morgan fingerprint density at radius 3 is 2.40 bits per heavy atom. The number of nitrogens with zero attached hydrogens (tertiary/aromatic N) is 1. The molecule has 0 saturated heterocycles. The second kappa shape index (κ2) is 5.56. The van der Waals surface area contributed by atoms with E-state index >= 15 is 0 Å². The molecule has 0 radical (unpaired) electrons. The maximum Gasteiger partial charge on any atom is 0.0834 e. The highest BCUT2D eigenvalue weighted by atomic mass is 32.1. The molecular weight excluding hydrogens is 224 g/mol. The van der Waals surface area contributed by atoms with Gasteiger partial charge in [-0.05, 0) is 13.3 Å². The summed E-state index contributed by atoms with van der Waals surface area (Å²) in [5, 5.41) is 3.28.